The molecule has 6 heteroatoms. The Kier molecular flexibility index (Phi) is 4.86. The maximum absolute atomic E-state index is 13.9. The molecule has 1 N–H and O–H groups in total. The highest BCUT2D eigenvalue weighted by molar-refractivity contribution is 5.50. The van der Waals surface area contributed by atoms with Gasteiger partial charge in [-0.3, -0.25) is 4.98 Å². The molecule has 0 aliphatic rings. The highest BCUT2D eigenvalue weighted by Crippen LogP contribution is 2.30. The van der Waals surface area contributed by atoms with Crippen molar-refractivity contribution in [3.05, 3.63) is 83.7 Å². The number of ether oxygens (including phenoxy) is 1. The van der Waals surface area contributed by atoms with Gasteiger partial charge >= 0.3 is 0 Å². The Morgan fingerprint density at radius 1 is 1.08 bits per heavy atom. The Hall–Kier alpha value is -3.46. The number of nitrogens with zero attached hydrogens (tertiary/aromatic N) is 2. The summed E-state index contributed by atoms with van der Waals surface area (Å²) in [5.74, 6) is -2.11. The number of nitrogens with one attached hydrogen (secondary N) is 1. The van der Waals surface area contributed by atoms with Gasteiger partial charge in [-0.05, 0) is 35.9 Å². The first-order valence-corrected chi connectivity index (χ1v) is 7.45. The van der Waals surface area contributed by atoms with Crippen LogP contribution in [0, 0.1) is 23.0 Å². The van der Waals surface area contributed by atoms with E-state index in [2.05, 4.69) is 10.3 Å². The molecule has 4 nitrogen and oxygen atoms in total. The van der Waals surface area contributed by atoms with Crippen LogP contribution in [0.2, 0.25) is 0 Å². The molecule has 124 valence electrons. The van der Waals surface area contributed by atoms with E-state index in [-0.39, 0.29) is 11.3 Å². The van der Waals surface area contributed by atoms with Gasteiger partial charge in [-0.15, -0.1) is 0 Å². The minimum Gasteiger partial charge on any atom is -0.451 e. The lowest BCUT2D eigenvalue weighted by molar-refractivity contribution is 0.407. The number of hydrogen-bond donors (Lipinski definition) is 1. The third kappa shape index (κ3) is 4.09. The van der Waals surface area contributed by atoms with Gasteiger partial charge in [-0.25, -0.2) is 8.78 Å². The predicted octanol–water partition coefficient (Wildman–Crippen LogP) is 4.64. The molecule has 1 heterocycles. The summed E-state index contributed by atoms with van der Waals surface area (Å²) in [7, 11) is 0. The van der Waals surface area contributed by atoms with Gasteiger partial charge in [0.05, 0.1) is 11.6 Å². The number of aromatic nitrogens is 1. The van der Waals surface area contributed by atoms with Crippen LogP contribution in [-0.4, -0.2) is 4.98 Å². The Labute approximate surface area is 143 Å². The van der Waals surface area contributed by atoms with Crippen LogP contribution in [0.4, 0.5) is 14.5 Å². The van der Waals surface area contributed by atoms with Crippen molar-refractivity contribution in [2.45, 2.75) is 6.54 Å². The van der Waals surface area contributed by atoms with Crippen LogP contribution in [0.15, 0.2) is 60.9 Å². The third-order valence-electron chi connectivity index (χ3n) is 3.40. The lowest BCUT2D eigenvalue weighted by Crippen LogP contribution is -2.00. The second-order valence-corrected chi connectivity index (χ2v) is 5.23. The van der Waals surface area contributed by atoms with E-state index in [1.54, 1.807) is 36.7 Å². The number of nitriles is 1. The summed E-state index contributed by atoms with van der Waals surface area (Å²) in [6, 6.07) is 14.1. The fourth-order valence-electron chi connectivity index (χ4n) is 2.22. The molecule has 2 aromatic carbocycles. The van der Waals surface area contributed by atoms with Crippen LogP contribution >= 0.6 is 0 Å². The molecular formula is C19H13F2N3O. The summed E-state index contributed by atoms with van der Waals surface area (Å²) in [6.07, 6.45) is 3.44. The van der Waals surface area contributed by atoms with Gasteiger partial charge in [0.2, 0.25) is 0 Å². The first kappa shape index (κ1) is 16.4. The van der Waals surface area contributed by atoms with E-state index < -0.39 is 17.4 Å². The normalized spacial score (nSPS) is 10.1. The lowest BCUT2D eigenvalue weighted by Gasteiger charge is -2.11. The minimum absolute atomic E-state index is 0.103. The average Bonchev–Trinajstić information content (AvgIpc) is 2.64. The number of pyridine rings is 1. The summed E-state index contributed by atoms with van der Waals surface area (Å²) in [6.45, 7) is 0.552. The predicted molar refractivity (Wildman–Crippen MR) is 89.2 cm³/mol. The number of hydrogen-bond acceptors (Lipinski definition) is 4. The fourth-order valence-corrected chi connectivity index (χ4v) is 2.22. The lowest BCUT2D eigenvalue weighted by atomic mass is 10.2. The van der Waals surface area contributed by atoms with Gasteiger partial charge < -0.3 is 10.1 Å². The maximum atomic E-state index is 13.9. The minimum atomic E-state index is -0.926. The molecule has 0 saturated carbocycles. The first-order valence-electron chi connectivity index (χ1n) is 7.45. The van der Waals surface area contributed by atoms with Crippen molar-refractivity contribution in [1.82, 2.24) is 4.98 Å². The molecule has 3 aromatic rings. The molecule has 0 saturated heterocycles. The topological polar surface area (TPSA) is 57.9 Å². The van der Waals surface area contributed by atoms with Crippen molar-refractivity contribution in [2.24, 2.45) is 0 Å². The monoisotopic (exact) mass is 337 g/mol. The van der Waals surface area contributed by atoms with E-state index >= 15 is 0 Å². The number of anilines is 1. The largest absolute Gasteiger partial charge is 0.451 e. The van der Waals surface area contributed by atoms with Crippen molar-refractivity contribution < 1.29 is 13.5 Å². The average molecular weight is 337 g/mol. The van der Waals surface area contributed by atoms with Gasteiger partial charge in [-0.1, -0.05) is 12.1 Å². The number of benzene rings is 2. The fraction of sp³-hybridized carbons (Fsp3) is 0.0526. The molecule has 1 aromatic heterocycles. The van der Waals surface area contributed by atoms with Crippen LogP contribution < -0.4 is 10.1 Å². The van der Waals surface area contributed by atoms with Gasteiger partial charge in [-0.2, -0.15) is 5.26 Å². The zero-order valence-corrected chi connectivity index (χ0v) is 13.0. The molecule has 0 atom stereocenters. The summed E-state index contributed by atoms with van der Waals surface area (Å²) in [5.41, 5.74) is 1.63. The molecule has 0 aliphatic heterocycles. The summed E-state index contributed by atoms with van der Waals surface area (Å²) in [5, 5.41) is 11.9. The smallest absolute Gasteiger partial charge is 0.198 e. The third-order valence-corrected chi connectivity index (χ3v) is 3.40. The molecule has 0 unspecified atom stereocenters. The van der Waals surface area contributed by atoms with E-state index in [1.807, 2.05) is 18.2 Å². The van der Waals surface area contributed by atoms with E-state index in [1.165, 1.54) is 0 Å². The standard InChI is InChI=1S/C19H13F2N3O/c20-17-7-14(10-22)8-18(21)19(17)25-16-5-1-4-15(9-16)24-12-13-3-2-6-23-11-13/h1-9,11,24H,12H2. The molecule has 0 bridgehead atoms. The van der Waals surface area contributed by atoms with Gasteiger partial charge in [0.15, 0.2) is 17.4 Å². The van der Waals surface area contributed by atoms with Gasteiger partial charge in [0.1, 0.15) is 5.75 Å². The van der Waals surface area contributed by atoms with Crippen molar-refractivity contribution in [3.63, 3.8) is 0 Å². The summed E-state index contributed by atoms with van der Waals surface area (Å²) < 4.78 is 33.2. The molecule has 0 radical (unpaired) electrons. The van der Waals surface area contributed by atoms with Crippen LogP contribution in [-0.2, 0) is 6.54 Å². The Bertz CT molecular complexity index is 900. The van der Waals surface area contributed by atoms with Crippen LogP contribution in [0.25, 0.3) is 0 Å². The van der Waals surface area contributed by atoms with Crippen LogP contribution in [0.3, 0.4) is 0 Å². The number of halogens is 2. The van der Waals surface area contributed by atoms with Crippen LogP contribution in [0.5, 0.6) is 11.5 Å². The van der Waals surface area contributed by atoms with Crippen molar-refractivity contribution in [1.29, 1.82) is 5.26 Å². The first-order chi connectivity index (χ1) is 12.2. The van der Waals surface area contributed by atoms with Crippen LogP contribution in [0.1, 0.15) is 11.1 Å². The quantitative estimate of drug-likeness (QED) is 0.737. The van der Waals surface area contributed by atoms with Crippen molar-refractivity contribution >= 4 is 5.69 Å². The molecule has 0 spiro atoms. The van der Waals surface area contributed by atoms with Gasteiger partial charge in [0, 0.05) is 30.7 Å². The highest BCUT2D eigenvalue weighted by Gasteiger charge is 2.14. The molecule has 0 aliphatic carbocycles. The van der Waals surface area contributed by atoms with E-state index in [0.29, 0.717) is 6.54 Å². The molecule has 0 amide bonds. The zero-order chi connectivity index (χ0) is 17.6. The second-order valence-electron chi connectivity index (χ2n) is 5.23. The van der Waals surface area contributed by atoms with E-state index in [0.717, 1.165) is 23.4 Å². The Balaban J connectivity index is 1.75. The Morgan fingerprint density at radius 3 is 2.56 bits per heavy atom. The van der Waals surface area contributed by atoms with Gasteiger partial charge in [0.25, 0.3) is 0 Å². The Morgan fingerprint density at radius 2 is 1.88 bits per heavy atom. The summed E-state index contributed by atoms with van der Waals surface area (Å²) >= 11 is 0. The maximum Gasteiger partial charge on any atom is 0.198 e. The number of rotatable bonds is 5. The SMILES string of the molecule is N#Cc1cc(F)c(Oc2cccc(NCc3cccnc3)c2)c(F)c1. The molecule has 0 fully saturated rings. The van der Waals surface area contributed by atoms with E-state index in [4.69, 9.17) is 10.00 Å². The van der Waals surface area contributed by atoms with Crippen molar-refractivity contribution in [3.8, 4) is 17.6 Å². The zero-order valence-electron chi connectivity index (χ0n) is 13.0. The second kappa shape index (κ2) is 7.41. The molecule has 3 rings (SSSR count). The molecule has 25 heavy (non-hydrogen) atoms. The molecular weight excluding hydrogens is 324 g/mol. The van der Waals surface area contributed by atoms with E-state index in [9.17, 15) is 8.78 Å². The summed E-state index contributed by atoms with van der Waals surface area (Å²) in [4.78, 5) is 4.03. The van der Waals surface area contributed by atoms with Crippen molar-refractivity contribution in [2.75, 3.05) is 5.32 Å². The highest BCUT2D eigenvalue weighted by atomic mass is 19.1.